The highest BCUT2D eigenvalue weighted by atomic mass is 19.2. The molecule has 0 aromatic heterocycles. The fourth-order valence-corrected chi connectivity index (χ4v) is 1.84. The Balaban J connectivity index is 1.99. The van der Waals surface area contributed by atoms with E-state index in [1.165, 1.54) is 6.07 Å². The second-order valence-electron chi connectivity index (χ2n) is 4.87. The van der Waals surface area contributed by atoms with Crippen LogP contribution in [0.5, 0.6) is 0 Å². The minimum Gasteiger partial charge on any atom is -0.378 e. The van der Waals surface area contributed by atoms with Gasteiger partial charge in [-0.2, -0.15) is 0 Å². The van der Waals surface area contributed by atoms with Gasteiger partial charge in [-0.05, 0) is 42.0 Å². The van der Waals surface area contributed by atoms with Crippen molar-refractivity contribution in [3.05, 3.63) is 65.2 Å². The molecular formula is C16H16F2N2O. The van der Waals surface area contributed by atoms with Gasteiger partial charge < -0.3 is 10.2 Å². The van der Waals surface area contributed by atoms with Crippen LogP contribution in [-0.4, -0.2) is 20.0 Å². The Labute approximate surface area is 122 Å². The van der Waals surface area contributed by atoms with Gasteiger partial charge in [0.15, 0.2) is 11.6 Å². The molecule has 0 spiro atoms. The number of carbonyl (C=O) groups excluding carboxylic acids is 1. The Morgan fingerprint density at radius 2 is 1.71 bits per heavy atom. The van der Waals surface area contributed by atoms with Crippen molar-refractivity contribution in [2.75, 3.05) is 19.0 Å². The Hall–Kier alpha value is -2.43. The molecule has 0 fully saturated rings. The third-order valence-electron chi connectivity index (χ3n) is 3.08. The smallest absolute Gasteiger partial charge is 0.251 e. The van der Waals surface area contributed by atoms with Gasteiger partial charge in [-0.25, -0.2) is 8.78 Å². The monoisotopic (exact) mass is 290 g/mol. The molecule has 2 rings (SSSR count). The van der Waals surface area contributed by atoms with Gasteiger partial charge in [0.1, 0.15) is 0 Å². The van der Waals surface area contributed by atoms with Crippen molar-refractivity contribution in [1.82, 2.24) is 5.32 Å². The summed E-state index contributed by atoms with van der Waals surface area (Å²) in [5, 5.41) is 2.67. The van der Waals surface area contributed by atoms with Crippen LogP contribution in [0.3, 0.4) is 0 Å². The zero-order valence-corrected chi connectivity index (χ0v) is 11.9. The van der Waals surface area contributed by atoms with Crippen molar-refractivity contribution in [2.45, 2.75) is 6.54 Å². The number of halogens is 2. The van der Waals surface area contributed by atoms with Crippen LogP contribution in [0.4, 0.5) is 14.5 Å². The average molecular weight is 290 g/mol. The van der Waals surface area contributed by atoms with Gasteiger partial charge in [0.2, 0.25) is 0 Å². The fraction of sp³-hybridized carbons (Fsp3) is 0.188. The minimum atomic E-state index is -0.919. The van der Waals surface area contributed by atoms with Gasteiger partial charge in [-0.3, -0.25) is 4.79 Å². The largest absolute Gasteiger partial charge is 0.378 e. The van der Waals surface area contributed by atoms with Crippen LogP contribution in [0.15, 0.2) is 42.5 Å². The standard InChI is InChI=1S/C16H16F2N2O/c1-20(2)13-6-4-12(5-7-13)16(21)19-10-11-3-8-14(17)15(18)9-11/h3-9H,10H2,1-2H3,(H,19,21). The van der Waals surface area contributed by atoms with Crippen molar-refractivity contribution in [3.63, 3.8) is 0 Å². The summed E-state index contributed by atoms with van der Waals surface area (Å²) in [7, 11) is 3.83. The number of nitrogens with one attached hydrogen (secondary N) is 1. The normalized spacial score (nSPS) is 10.3. The molecule has 0 aliphatic rings. The van der Waals surface area contributed by atoms with Gasteiger partial charge in [-0.1, -0.05) is 6.07 Å². The van der Waals surface area contributed by atoms with Crippen LogP contribution >= 0.6 is 0 Å². The number of nitrogens with zero attached hydrogens (tertiary/aromatic N) is 1. The third-order valence-corrected chi connectivity index (χ3v) is 3.08. The van der Waals surface area contributed by atoms with E-state index in [9.17, 15) is 13.6 Å². The van der Waals surface area contributed by atoms with E-state index in [4.69, 9.17) is 0 Å². The molecule has 21 heavy (non-hydrogen) atoms. The molecule has 2 aromatic rings. The van der Waals surface area contributed by atoms with Crippen LogP contribution in [0.1, 0.15) is 15.9 Å². The first kappa shape index (κ1) is 15.0. The highest BCUT2D eigenvalue weighted by Gasteiger charge is 2.07. The molecule has 3 nitrogen and oxygen atoms in total. The van der Waals surface area contributed by atoms with Crippen LogP contribution in [0.2, 0.25) is 0 Å². The summed E-state index contributed by atoms with van der Waals surface area (Å²) in [4.78, 5) is 13.9. The van der Waals surface area contributed by atoms with Crippen molar-refractivity contribution in [3.8, 4) is 0 Å². The second-order valence-corrected chi connectivity index (χ2v) is 4.87. The van der Waals surface area contributed by atoms with Crippen LogP contribution in [0.25, 0.3) is 0 Å². The highest BCUT2D eigenvalue weighted by Crippen LogP contribution is 2.13. The molecule has 0 saturated heterocycles. The zero-order chi connectivity index (χ0) is 15.4. The summed E-state index contributed by atoms with van der Waals surface area (Å²) in [6.45, 7) is 0.144. The van der Waals surface area contributed by atoms with Crippen LogP contribution in [0, 0.1) is 11.6 Å². The van der Waals surface area contributed by atoms with E-state index in [-0.39, 0.29) is 12.5 Å². The summed E-state index contributed by atoms with van der Waals surface area (Å²) in [5.41, 5.74) is 2.02. The zero-order valence-electron chi connectivity index (χ0n) is 11.9. The molecular weight excluding hydrogens is 274 g/mol. The third kappa shape index (κ3) is 3.78. The molecule has 0 unspecified atom stereocenters. The van der Waals surface area contributed by atoms with E-state index >= 15 is 0 Å². The molecule has 0 aliphatic carbocycles. The van der Waals surface area contributed by atoms with E-state index in [1.54, 1.807) is 12.1 Å². The Kier molecular flexibility index (Phi) is 4.52. The molecule has 0 saturated carbocycles. The number of anilines is 1. The van der Waals surface area contributed by atoms with Gasteiger partial charge in [0.25, 0.3) is 5.91 Å². The first-order valence-electron chi connectivity index (χ1n) is 6.47. The molecule has 110 valence electrons. The molecule has 0 atom stereocenters. The van der Waals surface area contributed by atoms with Gasteiger partial charge in [0, 0.05) is 31.9 Å². The second kappa shape index (κ2) is 6.35. The quantitative estimate of drug-likeness (QED) is 0.939. The van der Waals surface area contributed by atoms with Crippen molar-refractivity contribution < 1.29 is 13.6 Å². The molecule has 1 amide bonds. The predicted octanol–water partition coefficient (Wildman–Crippen LogP) is 2.96. The summed E-state index contributed by atoms with van der Waals surface area (Å²) in [6, 6.07) is 10.7. The molecule has 0 radical (unpaired) electrons. The van der Waals surface area contributed by atoms with Crippen molar-refractivity contribution >= 4 is 11.6 Å². The maximum absolute atomic E-state index is 13.1. The predicted molar refractivity (Wildman–Crippen MR) is 78.3 cm³/mol. The number of hydrogen-bond acceptors (Lipinski definition) is 2. The average Bonchev–Trinajstić information content (AvgIpc) is 2.48. The van der Waals surface area contributed by atoms with Gasteiger partial charge in [0.05, 0.1) is 0 Å². The molecule has 1 N–H and O–H groups in total. The number of hydrogen-bond donors (Lipinski definition) is 1. The maximum Gasteiger partial charge on any atom is 0.251 e. The Morgan fingerprint density at radius 3 is 2.29 bits per heavy atom. The van der Waals surface area contributed by atoms with Crippen LogP contribution in [-0.2, 0) is 6.54 Å². The first-order valence-corrected chi connectivity index (χ1v) is 6.47. The number of amides is 1. The van der Waals surface area contributed by atoms with E-state index in [0.29, 0.717) is 11.1 Å². The van der Waals surface area contributed by atoms with Crippen molar-refractivity contribution in [2.24, 2.45) is 0 Å². The van der Waals surface area contributed by atoms with Crippen molar-refractivity contribution in [1.29, 1.82) is 0 Å². The topological polar surface area (TPSA) is 32.3 Å². The lowest BCUT2D eigenvalue weighted by atomic mass is 10.1. The summed E-state index contributed by atoms with van der Waals surface area (Å²) in [6.07, 6.45) is 0. The van der Waals surface area contributed by atoms with Crippen LogP contribution < -0.4 is 10.2 Å². The number of rotatable bonds is 4. The van der Waals surface area contributed by atoms with E-state index in [0.717, 1.165) is 17.8 Å². The van der Waals surface area contributed by atoms with Gasteiger partial charge in [-0.15, -0.1) is 0 Å². The summed E-state index contributed by atoms with van der Waals surface area (Å²) >= 11 is 0. The molecule has 0 bridgehead atoms. The lowest BCUT2D eigenvalue weighted by molar-refractivity contribution is 0.0951. The lowest BCUT2D eigenvalue weighted by Crippen LogP contribution is -2.23. The van der Waals surface area contributed by atoms with E-state index in [1.807, 2.05) is 31.1 Å². The molecule has 5 heteroatoms. The molecule has 0 heterocycles. The molecule has 0 aliphatic heterocycles. The fourth-order valence-electron chi connectivity index (χ4n) is 1.84. The Bertz CT molecular complexity index is 639. The summed E-state index contributed by atoms with van der Waals surface area (Å²) < 4.78 is 25.9. The summed E-state index contributed by atoms with van der Waals surface area (Å²) in [5.74, 6) is -2.08. The maximum atomic E-state index is 13.1. The minimum absolute atomic E-state index is 0.144. The number of benzene rings is 2. The lowest BCUT2D eigenvalue weighted by Gasteiger charge is -2.12. The SMILES string of the molecule is CN(C)c1ccc(C(=O)NCc2ccc(F)c(F)c2)cc1. The van der Waals surface area contributed by atoms with E-state index < -0.39 is 11.6 Å². The molecule has 2 aromatic carbocycles. The number of carbonyl (C=O) groups is 1. The first-order chi connectivity index (χ1) is 9.97. The Morgan fingerprint density at radius 1 is 1.05 bits per heavy atom. The van der Waals surface area contributed by atoms with E-state index in [2.05, 4.69) is 5.32 Å². The highest BCUT2D eigenvalue weighted by molar-refractivity contribution is 5.94. The van der Waals surface area contributed by atoms with Gasteiger partial charge >= 0.3 is 0 Å².